The summed E-state index contributed by atoms with van der Waals surface area (Å²) < 4.78 is 22.5. The van der Waals surface area contributed by atoms with Crippen LogP contribution < -0.4 is 14.2 Å². The molecule has 1 saturated heterocycles. The van der Waals surface area contributed by atoms with E-state index in [9.17, 15) is 14.7 Å². The van der Waals surface area contributed by atoms with Crippen LogP contribution in [0.25, 0.3) is 0 Å². The lowest BCUT2D eigenvalue weighted by molar-refractivity contribution is -0.143. The fourth-order valence-corrected chi connectivity index (χ4v) is 6.06. The molecule has 3 unspecified atom stereocenters. The Bertz CT molecular complexity index is 1200. The van der Waals surface area contributed by atoms with Gasteiger partial charge in [0, 0.05) is 38.0 Å². The van der Waals surface area contributed by atoms with Crippen molar-refractivity contribution in [2.24, 2.45) is 5.92 Å². The fraction of sp³-hybridized carbons (Fsp3) is 0.645. The molecule has 0 spiro atoms. The first-order valence-electron chi connectivity index (χ1n) is 15.0. The number of likely N-dealkylation sites (tertiary alicyclic amines) is 1. The van der Waals surface area contributed by atoms with Crippen LogP contribution in [0.4, 0.5) is 0 Å². The van der Waals surface area contributed by atoms with Gasteiger partial charge in [0.2, 0.25) is 18.4 Å². The molecule has 4 rings (SSSR count). The zero-order valence-electron chi connectivity index (χ0n) is 25.6. The van der Waals surface area contributed by atoms with Crippen molar-refractivity contribution in [3.05, 3.63) is 35.5 Å². The van der Waals surface area contributed by atoms with Gasteiger partial charge < -0.3 is 33.5 Å². The van der Waals surface area contributed by atoms with E-state index in [0.717, 1.165) is 37.8 Å². The van der Waals surface area contributed by atoms with Crippen LogP contribution in [0, 0.1) is 12.8 Å². The van der Waals surface area contributed by atoms with Crippen LogP contribution in [0.5, 0.6) is 17.2 Å². The highest BCUT2D eigenvalue weighted by atomic mass is 16.7. The summed E-state index contributed by atoms with van der Waals surface area (Å²) in [6.07, 6.45) is 6.53. The number of hydrogen-bond acceptors (Lipinski definition) is 9. The molecule has 1 fully saturated rings. The number of rotatable bonds is 16. The Morgan fingerprint density at radius 3 is 2.57 bits per heavy atom. The molecule has 0 radical (unpaired) electrons. The van der Waals surface area contributed by atoms with Crippen molar-refractivity contribution in [1.82, 2.24) is 19.7 Å². The molecule has 0 saturated carbocycles. The monoisotopic (exact) mass is 586 g/mol. The number of carboxylic acids is 1. The van der Waals surface area contributed by atoms with Gasteiger partial charge in [-0.15, -0.1) is 0 Å². The number of carbonyl (C=O) groups is 2. The summed E-state index contributed by atoms with van der Waals surface area (Å²) in [7, 11) is 5.66. The molecule has 232 valence electrons. The average Bonchev–Trinajstić information content (AvgIpc) is 3.69. The predicted molar refractivity (Wildman–Crippen MR) is 157 cm³/mol. The van der Waals surface area contributed by atoms with Crippen LogP contribution in [0.2, 0.25) is 0 Å². The van der Waals surface area contributed by atoms with Crippen LogP contribution in [0.3, 0.4) is 0 Å². The summed E-state index contributed by atoms with van der Waals surface area (Å²) in [4.78, 5) is 37.1. The normalized spacial score (nSPS) is 19.9. The van der Waals surface area contributed by atoms with Gasteiger partial charge in [0.05, 0.1) is 25.8 Å². The molecule has 2 aliphatic heterocycles. The van der Waals surface area contributed by atoms with E-state index in [1.165, 1.54) is 0 Å². The lowest BCUT2D eigenvalue weighted by Crippen LogP contribution is -2.45. The second-order valence-corrected chi connectivity index (χ2v) is 11.6. The minimum absolute atomic E-state index is 0.0401. The highest BCUT2D eigenvalue weighted by molar-refractivity contribution is 5.79. The van der Waals surface area contributed by atoms with Gasteiger partial charge in [0.1, 0.15) is 5.76 Å². The maximum absolute atomic E-state index is 13.8. The largest absolute Gasteiger partial charge is 0.493 e. The van der Waals surface area contributed by atoms with Crippen molar-refractivity contribution in [2.45, 2.75) is 64.3 Å². The summed E-state index contributed by atoms with van der Waals surface area (Å²) >= 11 is 0. The molecule has 11 heteroatoms. The summed E-state index contributed by atoms with van der Waals surface area (Å²) in [5.74, 6) is 0.875. The second-order valence-electron chi connectivity index (χ2n) is 11.6. The number of aryl methyl sites for hydroxylation is 2. The van der Waals surface area contributed by atoms with Gasteiger partial charge >= 0.3 is 5.97 Å². The third kappa shape index (κ3) is 7.74. The molecule has 2 aliphatic rings. The Morgan fingerprint density at radius 2 is 1.90 bits per heavy atom. The number of hydrogen-bond donors (Lipinski definition) is 1. The first-order chi connectivity index (χ1) is 20.2. The molecule has 1 aromatic heterocycles. The molecule has 1 N–H and O–H groups in total. The van der Waals surface area contributed by atoms with Crippen molar-refractivity contribution < 1.29 is 33.3 Å². The van der Waals surface area contributed by atoms with Gasteiger partial charge in [-0.3, -0.25) is 14.5 Å². The predicted octanol–water partition coefficient (Wildman–Crippen LogP) is 3.79. The van der Waals surface area contributed by atoms with Gasteiger partial charge in [-0.25, -0.2) is 4.98 Å². The third-order valence-electron chi connectivity index (χ3n) is 8.22. The molecule has 0 aliphatic carbocycles. The number of aliphatic carboxylic acids is 1. The maximum Gasteiger partial charge on any atom is 0.308 e. The van der Waals surface area contributed by atoms with E-state index in [4.69, 9.17) is 18.6 Å². The number of aromatic nitrogens is 1. The quantitative estimate of drug-likeness (QED) is 0.291. The van der Waals surface area contributed by atoms with Gasteiger partial charge in [-0.1, -0.05) is 13.3 Å². The Labute approximate surface area is 248 Å². The molecular weight excluding hydrogens is 540 g/mol. The molecule has 3 heterocycles. The van der Waals surface area contributed by atoms with Crippen molar-refractivity contribution >= 4 is 11.9 Å². The zero-order chi connectivity index (χ0) is 30.2. The fourth-order valence-electron chi connectivity index (χ4n) is 6.06. The number of carboxylic acid groups (broad SMARTS) is 1. The second kappa shape index (κ2) is 14.7. The molecule has 42 heavy (non-hydrogen) atoms. The minimum Gasteiger partial charge on any atom is -0.493 e. The topological polar surface area (TPSA) is 118 Å². The lowest BCUT2D eigenvalue weighted by atomic mass is 9.83. The maximum atomic E-state index is 13.8. The van der Waals surface area contributed by atoms with E-state index in [2.05, 4.69) is 35.8 Å². The Hall–Kier alpha value is -3.31. The smallest absolute Gasteiger partial charge is 0.308 e. The van der Waals surface area contributed by atoms with Crippen molar-refractivity contribution in [3.8, 4) is 17.2 Å². The number of methoxy groups -OCH3 is 1. The molecule has 2 aromatic rings. The molecular formula is C31H46N4O7. The summed E-state index contributed by atoms with van der Waals surface area (Å²) in [6, 6.07) is 3.30. The number of ether oxygens (including phenoxy) is 3. The number of carbonyl (C=O) groups excluding carboxylic acids is 1. The van der Waals surface area contributed by atoms with Crippen LogP contribution in [0.15, 0.2) is 22.7 Å². The number of amides is 1. The SMILES string of the molecule is CCCCN(CCCCN(C)C)C(=O)CN1CC(c2cc(OC)c3c(c2)OCO3)C(C(=O)O)C1CCc1ncc(C)o1. The van der Waals surface area contributed by atoms with E-state index in [1.807, 2.05) is 24.0 Å². The average molecular weight is 587 g/mol. The van der Waals surface area contributed by atoms with Gasteiger partial charge in [-0.2, -0.15) is 0 Å². The number of unbranched alkanes of at least 4 members (excludes halogenated alkanes) is 2. The molecule has 11 nitrogen and oxygen atoms in total. The van der Waals surface area contributed by atoms with Crippen molar-refractivity contribution in [3.63, 3.8) is 0 Å². The van der Waals surface area contributed by atoms with Crippen LogP contribution in [-0.4, -0.2) is 103 Å². The van der Waals surface area contributed by atoms with Gasteiger partial charge in [0.15, 0.2) is 17.4 Å². The number of oxazole rings is 1. The summed E-state index contributed by atoms with van der Waals surface area (Å²) in [5, 5.41) is 10.5. The minimum atomic E-state index is -0.897. The van der Waals surface area contributed by atoms with Crippen LogP contribution in [0.1, 0.15) is 62.2 Å². The first kappa shape index (κ1) is 31.6. The molecule has 3 atom stereocenters. The first-order valence-corrected chi connectivity index (χ1v) is 15.0. The van der Waals surface area contributed by atoms with Crippen molar-refractivity contribution in [1.29, 1.82) is 0 Å². The number of benzene rings is 1. The third-order valence-corrected chi connectivity index (χ3v) is 8.22. The highest BCUT2D eigenvalue weighted by Gasteiger charge is 2.47. The zero-order valence-corrected chi connectivity index (χ0v) is 25.6. The Morgan fingerprint density at radius 1 is 1.14 bits per heavy atom. The summed E-state index contributed by atoms with van der Waals surface area (Å²) in [6.45, 7) is 7.01. The van der Waals surface area contributed by atoms with E-state index >= 15 is 0 Å². The standard InChI is InChI=1S/C31H46N4O7/c1-6-7-13-34(14-9-8-12-33(3)4)28(36)19-35-18-23(22-15-25(39-5)30-26(16-22)40-20-41-30)29(31(37)38)24(35)10-11-27-32-17-21(2)42-27/h15-17,23-24,29H,6-14,18-20H2,1-5H3,(H,37,38). The van der Waals surface area contributed by atoms with Gasteiger partial charge in [0.25, 0.3) is 0 Å². The van der Waals surface area contributed by atoms with E-state index in [-0.39, 0.29) is 31.2 Å². The Balaban J connectivity index is 1.59. The van der Waals surface area contributed by atoms with E-state index in [0.29, 0.717) is 61.4 Å². The molecule has 1 aromatic carbocycles. The van der Waals surface area contributed by atoms with E-state index < -0.39 is 11.9 Å². The van der Waals surface area contributed by atoms with Gasteiger partial charge in [-0.05, 0) is 70.9 Å². The lowest BCUT2D eigenvalue weighted by Gasteiger charge is -2.29. The van der Waals surface area contributed by atoms with E-state index in [1.54, 1.807) is 13.3 Å². The molecule has 0 bridgehead atoms. The highest BCUT2D eigenvalue weighted by Crippen LogP contribution is 2.47. The Kier molecular flexibility index (Phi) is 11.1. The van der Waals surface area contributed by atoms with Crippen LogP contribution in [-0.2, 0) is 16.0 Å². The number of fused-ring (bicyclic) bond motifs is 1. The van der Waals surface area contributed by atoms with Crippen molar-refractivity contribution in [2.75, 3.05) is 60.7 Å². The molecule has 1 amide bonds. The number of nitrogens with zero attached hydrogens (tertiary/aromatic N) is 4. The summed E-state index contributed by atoms with van der Waals surface area (Å²) in [5.41, 5.74) is 0.793. The van der Waals surface area contributed by atoms with Crippen LogP contribution >= 0.6 is 0 Å².